The first-order chi connectivity index (χ1) is 5.85. The molecule has 0 amide bonds. The Bertz CT molecular complexity index is 229. The summed E-state index contributed by atoms with van der Waals surface area (Å²) >= 11 is 12.6. The van der Waals surface area contributed by atoms with Crippen molar-refractivity contribution in [2.45, 2.75) is 55.6 Å². The van der Waals surface area contributed by atoms with Gasteiger partial charge in [0.2, 0.25) is 0 Å². The molecule has 0 spiro atoms. The molecule has 1 saturated carbocycles. The molecular formula is C10H16Cl2O. The fourth-order valence-electron chi connectivity index (χ4n) is 2.78. The lowest BCUT2D eigenvalue weighted by Crippen LogP contribution is -2.63. The van der Waals surface area contributed by atoms with Gasteiger partial charge in [0, 0.05) is 11.3 Å². The van der Waals surface area contributed by atoms with Gasteiger partial charge >= 0.3 is 0 Å². The van der Waals surface area contributed by atoms with E-state index < -0.39 is 0 Å². The minimum atomic E-state index is -0.216. The van der Waals surface area contributed by atoms with Crippen molar-refractivity contribution in [3.05, 3.63) is 0 Å². The average Bonchev–Trinajstić information content (AvgIpc) is 1.92. The molecule has 2 aliphatic heterocycles. The van der Waals surface area contributed by atoms with Gasteiger partial charge in [-0.1, -0.05) is 0 Å². The second-order valence-corrected chi connectivity index (χ2v) is 6.14. The summed E-state index contributed by atoms with van der Waals surface area (Å²) in [5, 5.41) is 0.351. The third-order valence-electron chi connectivity index (χ3n) is 3.55. The van der Waals surface area contributed by atoms with Crippen LogP contribution in [0.2, 0.25) is 0 Å². The van der Waals surface area contributed by atoms with Crippen molar-refractivity contribution in [3.8, 4) is 0 Å². The van der Waals surface area contributed by atoms with Crippen molar-refractivity contribution in [2.75, 3.05) is 0 Å². The second kappa shape index (κ2) is 2.77. The summed E-state index contributed by atoms with van der Waals surface area (Å²) in [5.74, 6) is 0.401. The molecule has 3 aliphatic rings. The van der Waals surface area contributed by atoms with Gasteiger partial charge in [-0.2, -0.15) is 0 Å². The predicted molar refractivity (Wildman–Crippen MR) is 55.6 cm³/mol. The summed E-state index contributed by atoms with van der Waals surface area (Å²) in [4.78, 5) is 0. The van der Waals surface area contributed by atoms with Crippen LogP contribution in [0.3, 0.4) is 0 Å². The van der Waals surface area contributed by atoms with Crippen molar-refractivity contribution >= 4 is 23.2 Å². The highest BCUT2D eigenvalue weighted by atomic mass is 35.5. The first-order valence-corrected chi connectivity index (χ1v) is 5.71. The Morgan fingerprint density at radius 1 is 1.23 bits per heavy atom. The van der Waals surface area contributed by atoms with E-state index >= 15 is 0 Å². The Hall–Kier alpha value is 0.540. The van der Waals surface area contributed by atoms with Gasteiger partial charge in [0.05, 0.1) is 16.6 Å². The van der Waals surface area contributed by atoms with Crippen LogP contribution in [-0.4, -0.2) is 22.0 Å². The molecule has 76 valence electrons. The number of hydrogen-bond donors (Lipinski definition) is 0. The Balaban J connectivity index is 2.32. The van der Waals surface area contributed by atoms with E-state index in [2.05, 4.69) is 20.8 Å². The van der Waals surface area contributed by atoms with Gasteiger partial charge in [0.15, 0.2) is 0 Å². The fraction of sp³-hybridized carbons (Fsp3) is 1.00. The number of halogens is 2. The van der Waals surface area contributed by atoms with Gasteiger partial charge in [0.25, 0.3) is 0 Å². The van der Waals surface area contributed by atoms with Crippen molar-refractivity contribution in [1.29, 1.82) is 0 Å². The third kappa shape index (κ3) is 1.40. The van der Waals surface area contributed by atoms with Gasteiger partial charge in [-0.3, -0.25) is 0 Å². The molecule has 0 aromatic rings. The maximum atomic E-state index is 6.31. The van der Waals surface area contributed by atoms with E-state index in [-0.39, 0.29) is 22.0 Å². The van der Waals surface area contributed by atoms with E-state index in [4.69, 9.17) is 27.9 Å². The standard InChI is InChI=1S/C10H16Cl2O/c1-9(2)6-4-8(12)10(3,13-9)5-7(6)11/h6-8H,4-5H2,1-3H3/t6-,7-,8?,10-/m1/s1. The Labute approximate surface area is 89.7 Å². The highest BCUT2D eigenvalue weighted by Gasteiger charge is 2.57. The van der Waals surface area contributed by atoms with E-state index in [0.717, 1.165) is 12.8 Å². The molecule has 0 aromatic carbocycles. The van der Waals surface area contributed by atoms with Gasteiger partial charge in [-0.25, -0.2) is 0 Å². The Morgan fingerprint density at radius 3 is 2.31 bits per heavy atom. The molecule has 1 unspecified atom stereocenters. The van der Waals surface area contributed by atoms with Gasteiger partial charge < -0.3 is 4.74 Å². The zero-order valence-corrected chi connectivity index (χ0v) is 9.82. The summed E-state index contributed by atoms with van der Waals surface area (Å²) in [5.41, 5.74) is -0.322. The van der Waals surface area contributed by atoms with Crippen LogP contribution >= 0.6 is 23.2 Å². The van der Waals surface area contributed by atoms with Crippen LogP contribution in [-0.2, 0) is 4.74 Å². The number of hydrogen-bond acceptors (Lipinski definition) is 1. The zero-order chi connectivity index (χ0) is 9.85. The van der Waals surface area contributed by atoms with E-state index in [0.29, 0.717) is 5.92 Å². The van der Waals surface area contributed by atoms with Crippen molar-refractivity contribution in [2.24, 2.45) is 5.92 Å². The largest absolute Gasteiger partial charge is 0.367 e. The molecule has 2 saturated heterocycles. The quantitative estimate of drug-likeness (QED) is 0.573. The lowest BCUT2D eigenvalue weighted by molar-refractivity contribution is -0.224. The van der Waals surface area contributed by atoms with Crippen LogP contribution in [0.1, 0.15) is 33.6 Å². The minimum absolute atomic E-state index is 0.106. The smallest absolute Gasteiger partial charge is 0.0839 e. The van der Waals surface area contributed by atoms with E-state index in [1.165, 1.54) is 0 Å². The first kappa shape index (κ1) is 10.1. The molecule has 3 fully saturated rings. The first-order valence-electron chi connectivity index (χ1n) is 4.83. The molecule has 13 heavy (non-hydrogen) atoms. The number of alkyl halides is 2. The van der Waals surface area contributed by atoms with Crippen molar-refractivity contribution in [1.82, 2.24) is 0 Å². The lowest BCUT2D eigenvalue weighted by atomic mass is 9.68. The fourth-order valence-corrected chi connectivity index (χ4v) is 3.82. The highest BCUT2D eigenvalue weighted by Crippen LogP contribution is 2.53. The van der Waals surface area contributed by atoms with Crippen molar-refractivity contribution in [3.63, 3.8) is 0 Å². The summed E-state index contributed by atoms with van der Waals surface area (Å²) in [7, 11) is 0. The molecule has 3 heteroatoms. The molecule has 1 nitrogen and oxygen atoms in total. The van der Waals surface area contributed by atoms with Crippen LogP contribution in [0.5, 0.6) is 0 Å². The summed E-state index contributed by atoms with van der Waals surface area (Å²) < 4.78 is 6.03. The topological polar surface area (TPSA) is 9.23 Å². The van der Waals surface area contributed by atoms with E-state index in [9.17, 15) is 0 Å². The molecule has 4 atom stereocenters. The normalized spacial score (nSPS) is 53.8. The molecule has 1 aliphatic carbocycles. The lowest BCUT2D eigenvalue weighted by Gasteiger charge is -2.58. The van der Waals surface area contributed by atoms with Gasteiger partial charge in [0.1, 0.15) is 0 Å². The summed E-state index contributed by atoms with van der Waals surface area (Å²) in [6, 6.07) is 0. The molecule has 0 aromatic heterocycles. The highest BCUT2D eigenvalue weighted by molar-refractivity contribution is 6.23. The zero-order valence-electron chi connectivity index (χ0n) is 8.31. The monoisotopic (exact) mass is 222 g/mol. The van der Waals surface area contributed by atoms with E-state index in [1.807, 2.05) is 0 Å². The molecule has 2 heterocycles. The Morgan fingerprint density at radius 2 is 1.85 bits per heavy atom. The molecule has 0 N–H and O–H groups in total. The van der Waals surface area contributed by atoms with Crippen LogP contribution < -0.4 is 0 Å². The van der Waals surface area contributed by atoms with Crippen LogP contribution in [0.4, 0.5) is 0 Å². The van der Waals surface area contributed by atoms with E-state index in [1.54, 1.807) is 0 Å². The summed E-state index contributed by atoms with van der Waals surface area (Å²) in [6.45, 7) is 6.32. The average molecular weight is 223 g/mol. The molecule has 3 rings (SSSR count). The molecular weight excluding hydrogens is 207 g/mol. The summed E-state index contributed by atoms with van der Waals surface area (Å²) in [6.07, 6.45) is 1.87. The SMILES string of the molecule is CC1(C)O[C@]2(C)C[C@@H](Cl)[C@H]1CC2Cl. The maximum absolute atomic E-state index is 6.31. The predicted octanol–water partition coefficient (Wildman–Crippen LogP) is 3.18. The number of rotatable bonds is 0. The number of ether oxygens (including phenoxy) is 1. The van der Waals surface area contributed by atoms with Crippen LogP contribution in [0.25, 0.3) is 0 Å². The second-order valence-electron chi connectivity index (χ2n) is 5.05. The van der Waals surface area contributed by atoms with Gasteiger partial charge in [-0.05, 0) is 33.6 Å². The van der Waals surface area contributed by atoms with Crippen LogP contribution in [0, 0.1) is 5.92 Å². The minimum Gasteiger partial charge on any atom is -0.367 e. The maximum Gasteiger partial charge on any atom is 0.0839 e. The third-order valence-corrected chi connectivity index (χ3v) is 4.65. The molecule has 0 radical (unpaired) electrons. The number of fused-ring (bicyclic) bond motifs is 3. The van der Waals surface area contributed by atoms with Crippen molar-refractivity contribution < 1.29 is 4.74 Å². The Kier molecular flexibility index (Phi) is 2.15. The van der Waals surface area contributed by atoms with Gasteiger partial charge in [-0.15, -0.1) is 23.2 Å². The van der Waals surface area contributed by atoms with Crippen LogP contribution in [0.15, 0.2) is 0 Å². The molecule has 2 bridgehead atoms.